The molecule has 166 valence electrons. The van der Waals surface area contributed by atoms with Crippen LogP contribution in [0.5, 0.6) is 11.5 Å². The Kier molecular flexibility index (Phi) is 7.41. The fraction of sp³-hybridized carbons (Fsp3) is 0.296. The molecule has 0 radical (unpaired) electrons. The van der Waals surface area contributed by atoms with Gasteiger partial charge in [-0.1, -0.05) is 60.7 Å². The molecule has 3 aromatic carbocycles. The molecule has 0 unspecified atom stereocenters. The van der Waals surface area contributed by atoms with Gasteiger partial charge in [0, 0.05) is 13.1 Å². The minimum Gasteiger partial charge on any atom is -0.493 e. The Bertz CT molecular complexity index is 1030. The van der Waals surface area contributed by atoms with E-state index in [2.05, 4.69) is 46.6 Å². The van der Waals surface area contributed by atoms with E-state index in [-0.39, 0.29) is 12.5 Å². The van der Waals surface area contributed by atoms with Crippen LogP contribution in [0.2, 0.25) is 0 Å². The van der Waals surface area contributed by atoms with Gasteiger partial charge in [0.1, 0.15) is 0 Å². The van der Waals surface area contributed by atoms with Crippen LogP contribution in [0.1, 0.15) is 24.0 Å². The lowest BCUT2D eigenvalue weighted by Crippen LogP contribution is -2.28. The molecule has 0 atom stereocenters. The number of carbonyl (C=O) groups excluding carboxylic acids is 1. The first kappa shape index (κ1) is 21.9. The third-order valence-electron chi connectivity index (χ3n) is 5.79. The van der Waals surface area contributed by atoms with E-state index in [1.807, 2.05) is 24.3 Å². The molecule has 5 heteroatoms. The van der Waals surface area contributed by atoms with Crippen molar-refractivity contribution in [1.29, 1.82) is 0 Å². The first-order valence-electron chi connectivity index (χ1n) is 11.1. The third kappa shape index (κ3) is 5.68. The zero-order chi connectivity index (χ0) is 22.2. The summed E-state index contributed by atoms with van der Waals surface area (Å²) in [5.41, 5.74) is 4.71. The molecule has 1 amide bonds. The number of amides is 1. The largest absolute Gasteiger partial charge is 0.493 e. The Morgan fingerprint density at radius 2 is 1.59 bits per heavy atom. The van der Waals surface area contributed by atoms with Gasteiger partial charge in [0.15, 0.2) is 18.1 Å². The van der Waals surface area contributed by atoms with Gasteiger partial charge in [0.2, 0.25) is 0 Å². The van der Waals surface area contributed by atoms with E-state index in [0.29, 0.717) is 18.0 Å². The summed E-state index contributed by atoms with van der Waals surface area (Å²) in [5, 5.41) is 2.97. The molecule has 1 aliphatic rings. The van der Waals surface area contributed by atoms with Crippen molar-refractivity contribution in [3.63, 3.8) is 0 Å². The van der Waals surface area contributed by atoms with Crippen LogP contribution < -0.4 is 14.8 Å². The van der Waals surface area contributed by atoms with Crippen molar-refractivity contribution >= 4 is 5.91 Å². The number of carbonyl (C=O) groups is 1. The molecule has 1 heterocycles. The van der Waals surface area contributed by atoms with Gasteiger partial charge in [-0.2, -0.15) is 0 Å². The summed E-state index contributed by atoms with van der Waals surface area (Å²) in [6.07, 6.45) is 2.61. The molecule has 1 saturated heterocycles. The van der Waals surface area contributed by atoms with Crippen LogP contribution in [-0.4, -0.2) is 37.6 Å². The predicted molar refractivity (Wildman–Crippen MR) is 127 cm³/mol. The van der Waals surface area contributed by atoms with Crippen LogP contribution in [0.25, 0.3) is 11.1 Å². The fourth-order valence-corrected chi connectivity index (χ4v) is 4.07. The maximum absolute atomic E-state index is 12.4. The van der Waals surface area contributed by atoms with Gasteiger partial charge in [-0.25, -0.2) is 0 Å². The number of hydrogen-bond donors (Lipinski definition) is 1. The van der Waals surface area contributed by atoms with Crippen LogP contribution >= 0.6 is 0 Å². The van der Waals surface area contributed by atoms with Crippen LogP contribution in [0.15, 0.2) is 72.8 Å². The average Bonchev–Trinajstić information content (AvgIpc) is 3.35. The number of para-hydroxylation sites is 2. The lowest BCUT2D eigenvalue weighted by molar-refractivity contribution is -0.123. The summed E-state index contributed by atoms with van der Waals surface area (Å²) in [5.74, 6) is 0.991. The van der Waals surface area contributed by atoms with Crippen LogP contribution in [0.3, 0.4) is 0 Å². The van der Waals surface area contributed by atoms with Crippen molar-refractivity contribution in [2.24, 2.45) is 0 Å². The van der Waals surface area contributed by atoms with E-state index in [9.17, 15) is 4.79 Å². The van der Waals surface area contributed by atoms with Crippen molar-refractivity contribution < 1.29 is 14.3 Å². The molecule has 3 aromatic rings. The van der Waals surface area contributed by atoms with Crippen molar-refractivity contribution in [3.8, 4) is 22.6 Å². The normalized spacial score (nSPS) is 13.7. The highest BCUT2D eigenvalue weighted by molar-refractivity contribution is 5.78. The minimum absolute atomic E-state index is 0.0618. The Balaban J connectivity index is 1.35. The molecule has 0 bridgehead atoms. The minimum atomic E-state index is -0.174. The molecular weight excluding hydrogens is 400 g/mol. The molecule has 0 spiro atoms. The maximum Gasteiger partial charge on any atom is 0.258 e. The van der Waals surface area contributed by atoms with Gasteiger partial charge in [0.05, 0.1) is 7.11 Å². The maximum atomic E-state index is 12.4. The van der Waals surface area contributed by atoms with Crippen molar-refractivity contribution in [1.82, 2.24) is 10.2 Å². The number of nitrogens with one attached hydrogen (secondary N) is 1. The van der Waals surface area contributed by atoms with E-state index in [1.165, 1.54) is 31.5 Å². The van der Waals surface area contributed by atoms with Crippen LogP contribution in [0, 0.1) is 0 Å². The van der Waals surface area contributed by atoms with E-state index in [1.54, 1.807) is 19.2 Å². The Morgan fingerprint density at radius 3 is 2.34 bits per heavy atom. The van der Waals surface area contributed by atoms with Gasteiger partial charge >= 0.3 is 0 Å². The zero-order valence-corrected chi connectivity index (χ0v) is 18.5. The molecule has 4 rings (SSSR count). The number of methoxy groups -OCH3 is 1. The standard InChI is InChI=1S/C27H30N2O3/c1-31-25-10-4-5-11-26(25)32-20-27(30)28-18-23-8-2-3-9-24(23)22-14-12-21(13-15-22)19-29-16-6-7-17-29/h2-5,8-15H,6-7,16-20H2,1H3,(H,28,30). The summed E-state index contributed by atoms with van der Waals surface area (Å²) < 4.78 is 10.9. The molecule has 1 aliphatic heterocycles. The quantitative estimate of drug-likeness (QED) is 0.537. The van der Waals surface area contributed by atoms with Gasteiger partial charge in [-0.3, -0.25) is 9.69 Å². The lowest BCUT2D eigenvalue weighted by atomic mass is 9.98. The number of nitrogens with zero attached hydrogens (tertiary/aromatic N) is 1. The van der Waals surface area contributed by atoms with Gasteiger partial charge in [0.25, 0.3) is 5.91 Å². The van der Waals surface area contributed by atoms with Crippen LogP contribution in [0.4, 0.5) is 0 Å². The molecule has 5 nitrogen and oxygen atoms in total. The van der Waals surface area contributed by atoms with Gasteiger partial charge in [-0.05, 0) is 60.3 Å². The Morgan fingerprint density at radius 1 is 0.906 bits per heavy atom. The second-order valence-electron chi connectivity index (χ2n) is 8.05. The highest BCUT2D eigenvalue weighted by Gasteiger charge is 2.12. The molecule has 1 fully saturated rings. The molecule has 0 saturated carbocycles. The first-order chi connectivity index (χ1) is 15.7. The molecule has 1 N–H and O–H groups in total. The number of hydrogen-bond acceptors (Lipinski definition) is 4. The number of benzene rings is 3. The SMILES string of the molecule is COc1ccccc1OCC(=O)NCc1ccccc1-c1ccc(CN2CCCC2)cc1. The zero-order valence-electron chi connectivity index (χ0n) is 18.5. The summed E-state index contributed by atoms with van der Waals surface area (Å²) in [6.45, 7) is 3.80. The number of ether oxygens (including phenoxy) is 2. The van der Waals surface area contributed by atoms with Gasteiger partial charge in [-0.15, -0.1) is 0 Å². The van der Waals surface area contributed by atoms with E-state index in [4.69, 9.17) is 9.47 Å². The summed E-state index contributed by atoms with van der Waals surface area (Å²) >= 11 is 0. The topological polar surface area (TPSA) is 50.8 Å². The highest BCUT2D eigenvalue weighted by atomic mass is 16.5. The predicted octanol–water partition coefficient (Wildman–Crippen LogP) is 4.65. The fourth-order valence-electron chi connectivity index (χ4n) is 4.07. The highest BCUT2D eigenvalue weighted by Crippen LogP contribution is 2.26. The smallest absolute Gasteiger partial charge is 0.258 e. The van der Waals surface area contributed by atoms with E-state index in [0.717, 1.165) is 23.2 Å². The Hall–Kier alpha value is -3.31. The molecule has 32 heavy (non-hydrogen) atoms. The second-order valence-corrected chi connectivity index (χ2v) is 8.05. The number of likely N-dealkylation sites (tertiary alicyclic amines) is 1. The average molecular weight is 431 g/mol. The van der Waals surface area contributed by atoms with Gasteiger partial charge < -0.3 is 14.8 Å². The Labute approximate surface area is 190 Å². The molecule has 0 aromatic heterocycles. The van der Waals surface area contributed by atoms with Crippen molar-refractivity contribution in [2.45, 2.75) is 25.9 Å². The second kappa shape index (κ2) is 10.8. The lowest BCUT2D eigenvalue weighted by Gasteiger charge is -2.15. The van der Waals surface area contributed by atoms with E-state index < -0.39 is 0 Å². The summed E-state index contributed by atoms with van der Waals surface area (Å²) in [4.78, 5) is 14.9. The molecule has 0 aliphatic carbocycles. The monoisotopic (exact) mass is 430 g/mol. The van der Waals surface area contributed by atoms with Crippen LogP contribution in [-0.2, 0) is 17.9 Å². The first-order valence-corrected chi connectivity index (χ1v) is 11.1. The van der Waals surface area contributed by atoms with Crippen molar-refractivity contribution in [2.75, 3.05) is 26.8 Å². The number of rotatable bonds is 9. The summed E-state index contributed by atoms with van der Waals surface area (Å²) in [6, 6.07) is 24.3. The molecular formula is C27H30N2O3. The summed E-state index contributed by atoms with van der Waals surface area (Å²) in [7, 11) is 1.58. The third-order valence-corrected chi connectivity index (χ3v) is 5.79. The van der Waals surface area contributed by atoms with E-state index >= 15 is 0 Å². The van der Waals surface area contributed by atoms with Crippen molar-refractivity contribution in [3.05, 3.63) is 83.9 Å².